The van der Waals surface area contributed by atoms with Gasteiger partial charge in [-0.2, -0.15) is 5.06 Å². The summed E-state index contributed by atoms with van der Waals surface area (Å²) in [4.78, 5) is 5.85. The topological polar surface area (TPSA) is 12.5 Å². The fourth-order valence-electron chi connectivity index (χ4n) is 2.92. The van der Waals surface area contributed by atoms with Gasteiger partial charge in [-0.3, -0.25) is 4.84 Å². The van der Waals surface area contributed by atoms with Crippen LogP contribution in [0.4, 0.5) is 0 Å². The molecule has 2 rings (SSSR count). The van der Waals surface area contributed by atoms with Gasteiger partial charge in [0.25, 0.3) is 0 Å². The van der Waals surface area contributed by atoms with E-state index in [9.17, 15) is 0 Å². The van der Waals surface area contributed by atoms with Crippen molar-refractivity contribution >= 4 is 0 Å². The van der Waals surface area contributed by atoms with Crippen LogP contribution in [-0.2, 0) is 15.9 Å². The van der Waals surface area contributed by atoms with E-state index in [1.807, 2.05) is 6.92 Å². The van der Waals surface area contributed by atoms with Gasteiger partial charge in [0.15, 0.2) is 0 Å². The second-order valence-electron chi connectivity index (χ2n) is 5.38. The van der Waals surface area contributed by atoms with E-state index in [1.54, 1.807) is 0 Å². The van der Waals surface area contributed by atoms with Crippen LogP contribution in [0.5, 0.6) is 0 Å². The summed E-state index contributed by atoms with van der Waals surface area (Å²) in [5.74, 6) is 0. The predicted molar refractivity (Wildman–Crippen MR) is 66.0 cm³/mol. The van der Waals surface area contributed by atoms with Crippen LogP contribution in [0.15, 0.2) is 24.3 Å². The SMILES string of the molecule is CCON1C(C)(C)c2ccccc2C1(C)C. The third-order valence-electron chi connectivity index (χ3n) is 3.52. The Morgan fingerprint density at radius 1 is 1.00 bits per heavy atom. The normalized spacial score (nSPS) is 22.1. The van der Waals surface area contributed by atoms with Crippen LogP contribution >= 0.6 is 0 Å². The third kappa shape index (κ3) is 1.40. The fourth-order valence-corrected chi connectivity index (χ4v) is 2.92. The van der Waals surface area contributed by atoms with Crippen molar-refractivity contribution in [3.63, 3.8) is 0 Å². The minimum absolute atomic E-state index is 0.0594. The molecule has 1 heterocycles. The number of hydrogen-bond acceptors (Lipinski definition) is 2. The first kappa shape index (κ1) is 11.6. The average Bonchev–Trinajstić information content (AvgIpc) is 2.38. The molecule has 0 N–H and O–H groups in total. The smallest absolute Gasteiger partial charge is 0.0668 e. The summed E-state index contributed by atoms with van der Waals surface area (Å²) >= 11 is 0. The molecule has 0 bridgehead atoms. The van der Waals surface area contributed by atoms with Crippen molar-refractivity contribution in [2.24, 2.45) is 0 Å². The summed E-state index contributed by atoms with van der Waals surface area (Å²) in [5.41, 5.74) is 2.62. The van der Waals surface area contributed by atoms with Crippen LogP contribution in [-0.4, -0.2) is 11.7 Å². The molecule has 1 aromatic rings. The van der Waals surface area contributed by atoms with E-state index < -0.39 is 0 Å². The number of rotatable bonds is 2. The predicted octanol–water partition coefficient (Wildman–Crippen LogP) is 3.42. The Labute approximate surface area is 98.2 Å². The van der Waals surface area contributed by atoms with Gasteiger partial charge in [-0.15, -0.1) is 0 Å². The first-order valence-electron chi connectivity index (χ1n) is 5.95. The maximum Gasteiger partial charge on any atom is 0.0668 e. The largest absolute Gasteiger partial charge is 0.298 e. The molecule has 0 aromatic heterocycles. The summed E-state index contributed by atoms with van der Waals surface area (Å²) in [7, 11) is 0. The molecule has 16 heavy (non-hydrogen) atoms. The van der Waals surface area contributed by atoms with E-state index in [-0.39, 0.29) is 11.1 Å². The average molecular weight is 219 g/mol. The standard InChI is InChI=1S/C14H21NO/c1-6-16-15-13(2,3)11-9-7-8-10-12(11)14(15,4)5/h7-10H,6H2,1-5H3. The van der Waals surface area contributed by atoms with Crippen molar-refractivity contribution < 1.29 is 4.84 Å². The fraction of sp³-hybridized carbons (Fsp3) is 0.571. The summed E-state index contributed by atoms with van der Waals surface area (Å²) in [6.45, 7) is 11.6. The highest BCUT2D eigenvalue weighted by atomic mass is 16.7. The van der Waals surface area contributed by atoms with E-state index >= 15 is 0 Å². The minimum Gasteiger partial charge on any atom is -0.298 e. The van der Waals surface area contributed by atoms with Gasteiger partial charge in [-0.25, -0.2) is 0 Å². The lowest BCUT2D eigenvalue weighted by Crippen LogP contribution is -2.45. The van der Waals surface area contributed by atoms with Crippen molar-refractivity contribution in [3.05, 3.63) is 35.4 Å². The Morgan fingerprint density at radius 2 is 1.44 bits per heavy atom. The molecular weight excluding hydrogens is 198 g/mol. The number of nitrogens with zero attached hydrogens (tertiary/aromatic N) is 1. The Balaban J connectivity index is 2.56. The molecule has 2 nitrogen and oxygen atoms in total. The summed E-state index contributed by atoms with van der Waals surface area (Å²) in [5, 5.41) is 2.13. The molecule has 1 aromatic carbocycles. The quantitative estimate of drug-likeness (QED) is 0.755. The Hall–Kier alpha value is -0.860. The van der Waals surface area contributed by atoms with Crippen LogP contribution in [0.25, 0.3) is 0 Å². The Kier molecular flexibility index (Phi) is 2.59. The van der Waals surface area contributed by atoms with Crippen molar-refractivity contribution in [2.45, 2.75) is 45.7 Å². The molecule has 0 spiro atoms. The minimum atomic E-state index is -0.0594. The summed E-state index contributed by atoms with van der Waals surface area (Å²) < 4.78 is 0. The Bertz CT molecular complexity index is 360. The first-order valence-corrected chi connectivity index (χ1v) is 5.95. The van der Waals surface area contributed by atoms with Crippen LogP contribution in [0, 0.1) is 0 Å². The van der Waals surface area contributed by atoms with E-state index in [0.29, 0.717) is 6.61 Å². The lowest BCUT2D eigenvalue weighted by atomic mass is 9.91. The van der Waals surface area contributed by atoms with E-state index in [1.165, 1.54) is 11.1 Å². The molecule has 0 radical (unpaired) electrons. The highest BCUT2D eigenvalue weighted by Crippen LogP contribution is 2.49. The van der Waals surface area contributed by atoms with Gasteiger partial charge in [0.1, 0.15) is 0 Å². The zero-order chi connectivity index (χ0) is 12.0. The second-order valence-corrected chi connectivity index (χ2v) is 5.38. The molecule has 0 saturated heterocycles. The highest BCUT2D eigenvalue weighted by Gasteiger charge is 2.49. The molecule has 0 aliphatic carbocycles. The summed E-state index contributed by atoms with van der Waals surface area (Å²) in [6.07, 6.45) is 0. The lowest BCUT2D eigenvalue weighted by Gasteiger charge is -2.39. The highest BCUT2D eigenvalue weighted by molar-refractivity contribution is 5.42. The van der Waals surface area contributed by atoms with Gasteiger partial charge in [-0.1, -0.05) is 24.3 Å². The van der Waals surface area contributed by atoms with Crippen LogP contribution in [0.1, 0.15) is 45.7 Å². The van der Waals surface area contributed by atoms with Crippen LogP contribution in [0.2, 0.25) is 0 Å². The Morgan fingerprint density at radius 3 is 1.81 bits per heavy atom. The van der Waals surface area contributed by atoms with Crippen molar-refractivity contribution in [2.75, 3.05) is 6.61 Å². The molecule has 0 unspecified atom stereocenters. The lowest BCUT2D eigenvalue weighted by molar-refractivity contribution is -0.257. The van der Waals surface area contributed by atoms with Gasteiger partial charge in [0.05, 0.1) is 17.7 Å². The molecule has 1 aliphatic heterocycles. The number of hydroxylamine groups is 2. The zero-order valence-corrected chi connectivity index (χ0v) is 10.9. The van der Waals surface area contributed by atoms with Crippen molar-refractivity contribution in [1.82, 2.24) is 5.06 Å². The second kappa shape index (κ2) is 3.57. The molecule has 88 valence electrons. The van der Waals surface area contributed by atoms with Crippen LogP contribution < -0.4 is 0 Å². The maximum atomic E-state index is 5.85. The first-order chi connectivity index (χ1) is 7.42. The molecule has 1 aliphatic rings. The summed E-state index contributed by atoms with van der Waals surface area (Å²) in [6, 6.07) is 8.62. The molecule has 0 amide bonds. The van der Waals surface area contributed by atoms with Gasteiger partial charge in [0.2, 0.25) is 0 Å². The van der Waals surface area contributed by atoms with Gasteiger partial charge in [0, 0.05) is 0 Å². The zero-order valence-electron chi connectivity index (χ0n) is 10.9. The van der Waals surface area contributed by atoms with E-state index in [2.05, 4.69) is 57.0 Å². The maximum absolute atomic E-state index is 5.85. The van der Waals surface area contributed by atoms with Gasteiger partial charge < -0.3 is 0 Å². The molecule has 0 atom stereocenters. The molecular formula is C14H21NO. The molecule has 0 fully saturated rings. The van der Waals surface area contributed by atoms with Gasteiger partial charge in [-0.05, 0) is 45.7 Å². The van der Waals surface area contributed by atoms with Gasteiger partial charge >= 0.3 is 0 Å². The van der Waals surface area contributed by atoms with E-state index in [0.717, 1.165) is 0 Å². The third-order valence-corrected chi connectivity index (χ3v) is 3.52. The molecule has 0 saturated carbocycles. The van der Waals surface area contributed by atoms with Crippen LogP contribution in [0.3, 0.4) is 0 Å². The number of fused-ring (bicyclic) bond motifs is 1. The number of hydrogen-bond donors (Lipinski definition) is 0. The number of benzene rings is 1. The van der Waals surface area contributed by atoms with Crippen molar-refractivity contribution in [1.29, 1.82) is 0 Å². The van der Waals surface area contributed by atoms with E-state index in [4.69, 9.17) is 4.84 Å². The monoisotopic (exact) mass is 219 g/mol. The van der Waals surface area contributed by atoms with Crippen molar-refractivity contribution in [3.8, 4) is 0 Å². The molecule has 2 heteroatoms.